The molecule has 1 heterocycles. The van der Waals surface area contributed by atoms with E-state index < -0.39 is 11.5 Å². The van der Waals surface area contributed by atoms with E-state index in [1.807, 2.05) is 52.0 Å². The molecule has 0 fully saturated rings. The highest BCUT2D eigenvalue weighted by atomic mass is 35.5. The first-order valence-electron chi connectivity index (χ1n) is 12.2. The van der Waals surface area contributed by atoms with Crippen LogP contribution in [0.4, 0.5) is 0 Å². The molecule has 0 bridgehead atoms. The monoisotopic (exact) mass is 533 g/mol. The zero-order chi connectivity index (χ0) is 27.8. The molecule has 0 radical (unpaired) electrons. The highest BCUT2D eigenvalue weighted by molar-refractivity contribution is 6.29. The number of halogens is 1. The molecule has 0 aromatic carbocycles. The minimum atomic E-state index is -0.754. The third-order valence-electron chi connectivity index (χ3n) is 5.37. The highest BCUT2D eigenvalue weighted by Crippen LogP contribution is 2.19. The molecule has 0 spiro atoms. The Morgan fingerprint density at radius 1 is 1.22 bits per heavy atom. The van der Waals surface area contributed by atoms with Crippen LogP contribution >= 0.6 is 11.6 Å². The van der Waals surface area contributed by atoms with Gasteiger partial charge < -0.3 is 20.2 Å². The summed E-state index contributed by atoms with van der Waals surface area (Å²) in [6, 6.07) is -0.754. The summed E-state index contributed by atoms with van der Waals surface area (Å²) in [6.45, 7) is 9.32. The number of hydrogen-bond donors (Lipinski definition) is 3. The molecule has 3 atom stereocenters. The van der Waals surface area contributed by atoms with Crippen LogP contribution in [-0.2, 0) is 24.0 Å². The van der Waals surface area contributed by atoms with E-state index in [2.05, 4.69) is 10.6 Å². The van der Waals surface area contributed by atoms with Crippen LogP contribution < -0.4 is 16.5 Å². The van der Waals surface area contributed by atoms with Crippen LogP contribution in [0.3, 0.4) is 0 Å². The second-order valence-corrected chi connectivity index (χ2v) is 10.4. The molecule has 2 amide bonds. The third-order valence-corrected chi connectivity index (χ3v) is 5.52. The number of esters is 1. The van der Waals surface area contributed by atoms with Crippen LogP contribution in [0.5, 0.6) is 0 Å². The van der Waals surface area contributed by atoms with Gasteiger partial charge in [0, 0.05) is 30.0 Å². The molecular formula is C28H40ClN3O5. The number of cyclic esters (lactones) is 1. The standard InChI is InChI=1S/C28H40ClN3O5/c1-20(15-17-22-11-8-14-25(34)36-22)10-6-7-13-24(33)32-26(28(3,4)5)27(35)31-19-9-12-23(37-30)18-16-21(2)29/h6-10,13-16,19,22-23,26H,11-12,17-18,30H2,1-5H3,(H,31,35)(H,32,33)/b10-6-,13-7-,19-9-,20-15+,21-16+. The number of carbonyl (C=O) groups excluding carboxylic acids is 3. The summed E-state index contributed by atoms with van der Waals surface area (Å²) in [5.41, 5.74) is 0.463. The lowest BCUT2D eigenvalue weighted by atomic mass is 9.86. The van der Waals surface area contributed by atoms with Gasteiger partial charge in [0.1, 0.15) is 12.1 Å². The number of carbonyl (C=O) groups is 3. The lowest BCUT2D eigenvalue weighted by molar-refractivity contribution is -0.143. The molecule has 1 aliphatic heterocycles. The highest BCUT2D eigenvalue weighted by Gasteiger charge is 2.31. The number of hydrogen-bond acceptors (Lipinski definition) is 6. The van der Waals surface area contributed by atoms with Gasteiger partial charge in [-0.25, -0.2) is 10.7 Å². The first kappa shape index (κ1) is 32.1. The zero-order valence-corrected chi connectivity index (χ0v) is 23.1. The molecule has 204 valence electrons. The van der Waals surface area contributed by atoms with E-state index in [1.165, 1.54) is 18.4 Å². The second-order valence-electron chi connectivity index (χ2n) is 9.84. The quantitative estimate of drug-likeness (QED) is 0.137. The average Bonchev–Trinajstić information content (AvgIpc) is 2.82. The minimum absolute atomic E-state index is 0.148. The number of amides is 2. The molecule has 0 aromatic heterocycles. The van der Waals surface area contributed by atoms with Crippen molar-refractivity contribution in [2.75, 3.05) is 0 Å². The summed E-state index contributed by atoms with van der Waals surface area (Å²) >= 11 is 5.83. The van der Waals surface area contributed by atoms with Crippen molar-refractivity contribution in [1.82, 2.24) is 10.6 Å². The van der Waals surface area contributed by atoms with Gasteiger partial charge in [-0.2, -0.15) is 0 Å². The molecule has 0 aliphatic carbocycles. The van der Waals surface area contributed by atoms with E-state index in [9.17, 15) is 14.4 Å². The van der Waals surface area contributed by atoms with E-state index in [0.717, 1.165) is 5.57 Å². The summed E-state index contributed by atoms with van der Waals surface area (Å²) in [6.07, 6.45) is 18.8. The molecule has 3 unspecified atom stereocenters. The smallest absolute Gasteiger partial charge is 0.330 e. The summed E-state index contributed by atoms with van der Waals surface area (Å²) < 4.78 is 5.23. The Labute approximate surface area is 225 Å². The number of ether oxygens (including phenoxy) is 1. The van der Waals surface area contributed by atoms with Crippen molar-refractivity contribution < 1.29 is 24.0 Å². The lowest BCUT2D eigenvalue weighted by Gasteiger charge is -2.29. The van der Waals surface area contributed by atoms with E-state index in [1.54, 1.807) is 25.2 Å². The predicted octanol–water partition coefficient (Wildman–Crippen LogP) is 4.65. The first-order valence-corrected chi connectivity index (χ1v) is 12.6. The maximum absolute atomic E-state index is 12.8. The molecule has 0 saturated carbocycles. The number of allylic oxidation sites excluding steroid dienone is 5. The van der Waals surface area contributed by atoms with Crippen LogP contribution in [0, 0.1) is 5.41 Å². The van der Waals surface area contributed by atoms with Crippen LogP contribution in [0.15, 0.2) is 71.5 Å². The Balaban J connectivity index is 2.59. The van der Waals surface area contributed by atoms with Crippen LogP contribution in [-0.4, -0.2) is 36.0 Å². The van der Waals surface area contributed by atoms with Crippen molar-refractivity contribution in [2.45, 2.75) is 78.6 Å². The summed E-state index contributed by atoms with van der Waals surface area (Å²) in [4.78, 5) is 41.4. The van der Waals surface area contributed by atoms with E-state index >= 15 is 0 Å². The maximum Gasteiger partial charge on any atom is 0.330 e. The Kier molecular flexibility index (Phi) is 14.5. The predicted molar refractivity (Wildman–Crippen MR) is 147 cm³/mol. The number of nitrogens with one attached hydrogen (secondary N) is 2. The fraction of sp³-hybridized carbons (Fsp3) is 0.464. The van der Waals surface area contributed by atoms with E-state index in [0.29, 0.717) is 30.7 Å². The molecule has 37 heavy (non-hydrogen) atoms. The van der Waals surface area contributed by atoms with Crippen LogP contribution in [0.2, 0.25) is 0 Å². The minimum Gasteiger partial charge on any atom is -0.459 e. The van der Waals surface area contributed by atoms with Crippen LogP contribution in [0.1, 0.15) is 60.3 Å². The van der Waals surface area contributed by atoms with Gasteiger partial charge >= 0.3 is 5.97 Å². The average molecular weight is 534 g/mol. The molecule has 1 rings (SSSR count). The van der Waals surface area contributed by atoms with Crippen molar-refractivity contribution in [1.29, 1.82) is 0 Å². The Hall–Kier alpha value is -2.94. The van der Waals surface area contributed by atoms with E-state index in [-0.39, 0.29) is 30.0 Å². The summed E-state index contributed by atoms with van der Waals surface area (Å²) in [5.74, 6) is 4.27. The maximum atomic E-state index is 12.8. The third kappa shape index (κ3) is 14.4. The molecule has 0 aromatic rings. The summed E-state index contributed by atoms with van der Waals surface area (Å²) in [7, 11) is 0. The number of rotatable bonds is 13. The van der Waals surface area contributed by atoms with Crippen LogP contribution in [0.25, 0.3) is 0 Å². The topological polar surface area (TPSA) is 120 Å². The molecule has 4 N–H and O–H groups in total. The SMILES string of the molecule is C/C(Cl)=C\CC(C/C=C\NC(=O)C(NC(=O)\C=C/C=C\C(C)=C\CC1CC=CC(=O)O1)C(C)(C)C)ON. The molecule has 1 aliphatic rings. The Bertz CT molecular complexity index is 953. The van der Waals surface area contributed by atoms with Gasteiger partial charge in [0.25, 0.3) is 0 Å². The largest absolute Gasteiger partial charge is 0.459 e. The van der Waals surface area contributed by atoms with Crippen molar-refractivity contribution in [2.24, 2.45) is 11.3 Å². The van der Waals surface area contributed by atoms with Crippen molar-refractivity contribution in [3.8, 4) is 0 Å². The van der Waals surface area contributed by atoms with Gasteiger partial charge in [-0.1, -0.05) is 80.5 Å². The van der Waals surface area contributed by atoms with E-state index in [4.69, 9.17) is 27.1 Å². The van der Waals surface area contributed by atoms with Gasteiger partial charge in [0.2, 0.25) is 11.8 Å². The normalized spacial score (nSPS) is 18.9. The van der Waals surface area contributed by atoms with Gasteiger partial charge in [0.15, 0.2) is 0 Å². The van der Waals surface area contributed by atoms with Gasteiger partial charge in [-0.05, 0) is 38.3 Å². The molecule has 9 heteroatoms. The van der Waals surface area contributed by atoms with Gasteiger partial charge in [-0.3, -0.25) is 9.59 Å². The fourth-order valence-corrected chi connectivity index (χ4v) is 3.35. The Morgan fingerprint density at radius 2 is 1.92 bits per heavy atom. The zero-order valence-electron chi connectivity index (χ0n) is 22.3. The van der Waals surface area contributed by atoms with Crippen molar-refractivity contribution >= 4 is 29.4 Å². The molecular weight excluding hydrogens is 494 g/mol. The Morgan fingerprint density at radius 3 is 2.54 bits per heavy atom. The first-order chi connectivity index (χ1) is 17.4. The number of nitrogens with two attached hydrogens (primary N) is 1. The van der Waals surface area contributed by atoms with Gasteiger partial charge in [0.05, 0.1) is 6.10 Å². The van der Waals surface area contributed by atoms with Gasteiger partial charge in [-0.15, -0.1) is 0 Å². The second kappa shape index (κ2) is 16.7. The van der Waals surface area contributed by atoms with Crippen molar-refractivity contribution in [3.05, 3.63) is 71.5 Å². The molecule has 0 saturated heterocycles. The lowest BCUT2D eigenvalue weighted by Crippen LogP contribution is -2.52. The molecule has 8 nitrogen and oxygen atoms in total. The van der Waals surface area contributed by atoms with Crippen molar-refractivity contribution in [3.63, 3.8) is 0 Å². The summed E-state index contributed by atoms with van der Waals surface area (Å²) in [5, 5.41) is 6.13. The fourth-order valence-electron chi connectivity index (χ4n) is 3.26.